The van der Waals surface area contributed by atoms with Crippen LogP contribution in [0.3, 0.4) is 0 Å². The number of allylic oxidation sites excluding steroid dienone is 4. The van der Waals surface area contributed by atoms with E-state index in [4.69, 9.17) is 19.9 Å². The fraction of sp³-hybridized carbons (Fsp3) is 0.0256. The Kier molecular flexibility index (Phi) is 5.23. The highest BCUT2D eigenvalue weighted by Gasteiger charge is 2.29. The number of nitrogens with zero attached hydrogens (tertiary/aromatic N) is 4. The summed E-state index contributed by atoms with van der Waals surface area (Å²) in [4.78, 5) is 20.5. The van der Waals surface area contributed by atoms with E-state index in [1.54, 1.807) is 0 Å². The molecule has 2 aromatic heterocycles. The first-order valence-corrected chi connectivity index (χ1v) is 14.5. The fourth-order valence-electron chi connectivity index (χ4n) is 6.39. The average Bonchev–Trinajstić information content (AvgIpc) is 3.46. The lowest BCUT2D eigenvalue weighted by Crippen LogP contribution is -2.07. The maximum Gasteiger partial charge on any atom is 0.160 e. The molecule has 0 N–H and O–H groups in total. The monoisotopic (exact) mass is 548 g/mol. The molecule has 4 heteroatoms. The molecule has 1 aliphatic carbocycles. The molecule has 4 nitrogen and oxygen atoms in total. The van der Waals surface area contributed by atoms with Crippen LogP contribution in [0.2, 0.25) is 0 Å². The largest absolute Gasteiger partial charge is 0.250 e. The van der Waals surface area contributed by atoms with Gasteiger partial charge in [-0.1, -0.05) is 115 Å². The van der Waals surface area contributed by atoms with Crippen molar-refractivity contribution in [1.29, 1.82) is 0 Å². The van der Waals surface area contributed by atoms with Gasteiger partial charge in [0.15, 0.2) is 5.82 Å². The molecule has 3 heterocycles. The first kappa shape index (κ1) is 23.9. The molecule has 0 radical (unpaired) electrons. The van der Waals surface area contributed by atoms with E-state index in [0.717, 1.165) is 66.8 Å². The van der Waals surface area contributed by atoms with E-state index < -0.39 is 0 Å². The second kappa shape index (κ2) is 9.40. The van der Waals surface area contributed by atoms with Gasteiger partial charge in [0.2, 0.25) is 0 Å². The van der Waals surface area contributed by atoms with Crippen LogP contribution in [0, 0.1) is 0 Å². The summed E-state index contributed by atoms with van der Waals surface area (Å²) < 4.78 is 0. The van der Waals surface area contributed by atoms with E-state index in [2.05, 4.69) is 121 Å². The maximum atomic E-state index is 5.27. The molecule has 0 amide bonds. The van der Waals surface area contributed by atoms with Crippen LogP contribution < -0.4 is 0 Å². The molecular weight excluding hydrogens is 524 g/mol. The van der Waals surface area contributed by atoms with Crippen molar-refractivity contribution in [3.63, 3.8) is 0 Å². The Labute approximate surface area is 248 Å². The molecule has 0 saturated carbocycles. The Morgan fingerprint density at radius 3 is 2.19 bits per heavy atom. The van der Waals surface area contributed by atoms with Gasteiger partial charge in [0, 0.05) is 32.8 Å². The Morgan fingerprint density at radius 2 is 1.26 bits per heavy atom. The maximum absolute atomic E-state index is 5.27. The van der Waals surface area contributed by atoms with E-state index >= 15 is 0 Å². The van der Waals surface area contributed by atoms with Crippen LogP contribution in [0.5, 0.6) is 0 Å². The SMILES string of the molecule is C1=CC2=Nc3c(nc(-c4cccc(-c5nc(-c6ccc7ccccc7c6)c6ccccc6n5)c4)c4ccccc34)C2C=C1. The molecule has 2 aliphatic rings. The number of para-hydroxylation sites is 1. The van der Waals surface area contributed by atoms with Gasteiger partial charge in [0.1, 0.15) is 0 Å². The third-order valence-corrected chi connectivity index (χ3v) is 8.47. The van der Waals surface area contributed by atoms with Gasteiger partial charge < -0.3 is 0 Å². The molecule has 200 valence electrons. The molecule has 1 unspecified atom stereocenters. The van der Waals surface area contributed by atoms with Gasteiger partial charge in [0.25, 0.3) is 0 Å². The summed E-state index contributed by atoms with van der Waals surface area (Å²) in [6, 6.07) is 40.1. The Hall–Kier alpha value is -5.74. The second-order valence-electron chi connectivity index (χ2n) is 11.1. The molecule has 1 aliphatic heterocycles. The zero-order valence-corrected chi connectivity index (χ0v) is 23.1. The number of fused-ring (bicyclic) bond motifs is 7. The molecule has 7 aromatic rings. The first-order chi connectivity index (χ1) is 21.3. The molecule has 0 bridgehead atoms. The van der Waals surface area contributed by atoms with Gasteiger partial charge in [0.05, 0.1) is 39.9 Å². The highest BCUT2D eigenvalue weighted by atomic mass is 14.9. The summed E-state index contributed by atoms with van der Waals surface area (Å²) in [7, 11) is 0. The van der Waals surface area contributed by atoms with E-state index in [1.807, 2.05) is 18.2 Å². The third-order valence-electron chi connectivity index (χ3n) is 8.47. The zero-order valence-electron chi connectivity index (χ0n) is 23.1. The summed E-state index contributed by atoms with van der Waals surface area (Å²) in [5, 5.41) is 5.65. The van der Waals surface area contributed by atoms with Crippen LogP contribution in [-0.2, 0) is 0 Å². The second-order valence-corrected chi connectivity index (χ2v) is 11.1. The predicted octanol–water partition coefficient (Wildman–Crippen LogP) is 9.63. The van der Waals surface area contributed by atoms with Crippen molar-refractivity contribution in [1.82, 2.24) is 15.0 Å². The molecule has 9 rings (SSSR count). The highest BCUT2D eigenvalue weighted by molar-refractivity contribution is 6.13. The van der Waals surface area contributed by atoms with Crippen molar-refractivity contribution in [3.8, 4) is 33.9 Å². The Bertz CT molecular complexity index is 2360. The summed E-state index contributed by atoms with van der Waals surface area (Å²) >= 11 is 0. The van der Waals surface area contributed by atoms with Crippen LogP contribution in [0.15, 0.2) is 145 Å². The molecule has 1 atom stereocenters. The number of aromatic nitrogens is 3. The van der Waals surface area contributed by atoms with E-state index in [-0.39, 0.29) is 5.92 Å². The van der Waals surface area contributed by atoms with Crippen LogP contribution in [-0.4, -0.2) is 20.7 Å². The number of rotatable bonds is 3. The normalized spacial score (nSPS) is 15.2. The smallest absolute Gasteiger partial charge is 0.160 e. The number of benzene rings is 5. The van der Waals surface area contributed by atoms with Gasteiger partial charge in [-0.05, 0) is 35.0 Å². The van der Waals surface area contributed by atoms with Crippen LogP contribution in [0.25, 0.3) is 66.4 Å². The number of hydrogen-bond donors (Lipinski definition) is 0. The standard InChI is InChI=1S/C39H24N4/c1-2-11-25-22-27(21-20-24(25)10-1)36-31-16-5-8-19-34(31)41-39(43-36)28-13-9-12-26(23-28)35-29-14-3-4-15-30(29)37-38(42-35)32-17-6-7-18-33(32)40-37/h1-23,32H. The lowest BCUT2D eigenvalue weighted by molar-refractivity contribution is 1.08. The van der Waals surface area contributed by atoms with Crippen LogP contribution in [0.4, 0.5) is 5.69 Å². The predicted molar refractivity (Wildman–Crippen MR) is 177 cm³/mol. The topological polar surface area (TPSA) is 51.0 Å². The van der Waals surface area contributed by atoms with E-state index in [0.29, 0.717) is 5.82 Å². The Balaban J connectivity index is 1.22. The minimum atomic E-state index is 0.0832. The molecular formula is C39H24N4. The van der Waals surface area contributed by atoms with Gasteiger partial charge in [-0.25, -0.2) is 19.9 Å². The molecule has 0 spiro atoms. The lowest BCUT2D eigenvalue weighted by atomic mass is 9.93. The van der Waals surface area contributed by atoms with Crippen LogP contribution >= 0.6 is 0 Å². The van der Waals surface area contributed by atoms with E-state index in [1.165, 1.54) is 10.8 Å². The van der Waals surface area contributed by atoms with Crippen molar-refractivity contribution in [2.24, 2.45) is 4.99 Å². The minimum absolute atomic E-state index is 0.0832. The molecule has 0 fully saturated rings. The van der Waals surface area contributed by atoms with Crippen molar-refractivity contribution in [3.05, 3.63) is 145 Å². The number of pyridine rings is 1. The highest BCUT2D eigenvalue weighted by Crippen LogP contribution is 2.44. The molecule has 0 saturated heterocycles. The Morgan fingerprint density at radius 1 is 0.512 bits per heavy atom. The van der Waals surface area contributed by atoms with Crippen molar-refractivity contribution < 1.29 is 0 Å². The molecule has 5 aromatic carbocycles. The summed E-state index contributed by atoms with van der Waals surface area (Å²) in [6.07, 6.45) is 8.40. The van der Waals surface area contributed by atoms with Crippen molar-refractivity contribution >= 4 is 43.8 Å². The number of aliphatic imine (C=N–C) groups is 1. The third kappa shape index (κ3) is 3.84. The summed E-state index contributed by atoms with van der Waals surface area (Å²) in [5.74, 6) is 0.778. The van der Waals surface area contributed by atoms with Gasteiger partial charge in [-0.15, -0.1) is 0 Å². The van der Waals surface area contributed by atoms with Gasteiger partial charge >= 0.3 is 0 Å². The summed E-state index contributed by atoms with van der Waals surface area (Å²) in [5.41, 5.74) is 8.89. The zero-order chi connectivity index (χ0) is 28.3. The molecule has 43 heavy (non-hydrogen) atoms. The quantitative estimate of drug-likeness (QED) is 0.221. The first-order valence-electron chi connectivity index (χ1n) is 14.5. The van der Waals surface area contributed by atoms with Gasteiger partial charge in [-0.3, -0.25) is 0 Å². The minimum Gasteiger partial charge on any atom is -0.250 e. The lowest BCUT2D eigenvalue weighted by Gasteiger charge is -2.14. The summed E-state index contributed by atoms with van der Waals surface area (Å²) in [6.45, 7) is 0. The van der Waals surface area contributed by atoms with Crippen molar-refractivity contribution in [2.45, 2.75) is 5.92 Å². The van der Waals surface area contributed by atoms with Crippen molar-refractivity contribution in [2.75, 3.05) is 0 Å². The van der Waals surface area contributed by atoms with Crippen LogP contribution in [0.1, 0.15) is 11.6 Å². The van der Waals surface area contributed by atoms with Gasteiger partial charge in [-0.2, -0.15) is 0 Å². The fourth-order valence-corrected chi connectivity index (χ4v) is 6.39. The average molecular weight is 549 g/mol. The van der Waals surface area contributed by atoms with E-state index in [9.17, 15) is 0 Å². The number of hydrogen-bond acceptors (Lipinski definition) is 4.